The Morgan fingerprint density at radius 3 is 2.46 bits per heavy atom. The number of aliphatic imine (C=N–C) groups is 1. The molecular weight excluding hydrogens is 345 g/mol. The van der Waals surface area contributed by atoms with Gasteiger partial charge in [-0.05, 0) is 60.0 Å². The van der Waals surface area contributed by atoms with Crippen LogP contribution in [0, 0.1) is 5.82 Å². The van der Waals surface area contributed by atoms with Crippen molar-refractivity contribution in [3.8, 4) is 5.75 Å². The van der Waals surface area contributed by atoms with Crippen molar-refractivity contribution in [2.24, 2.45) is 4.99 Å². The molecule has 0 N–H and O–H groups in total. The second-order valence-electron chi connectivity index (χ2n) is 5.44. The number of para-hydroxylation sites is 1. The van der Waals surface area contributed by atoms with Crippen LogP contribution in [0.5, 0.6) is 5.75 Å². The minimum absolute atomic E-state index is 0.235. The van der Waals surface area contributed by atoms with E-state index < -0.39 is 0 Å². The van der Waals surface area contributed by atoms with Gasteiger partial charge in [-0.1, -0.05) is 42.1 Å². The highest BCUT2D eigenvalue weighted by Crippen LogP contribution is 2.22. The van der Waals surface area contributed by atoms with Gasteiger partial charge >= 0.3 is 0 Å². The molecule has 2 nitrogen and oxygen atoms in total. The smallest absolute Gasteiger partial charge is 0.123 e. The van der Waals surface area contributed by atoms with E-state index >= 15 is 0 Å². The van der Waals surface area contributed by atoms with Gasteiger partial charge in [0.05, 0.1) is 18.5 Å². The molecule has 0 aliphatic carbocycles. The van der Waals surface area contributed by atoms with E-state index in [-0.39, 0.29) is 5.82 Å². The van der Waals surface area contributed by atoms with Crippen LogP contribution in [0.2, 0.25) is 0 Å². The minimum atomic E-state index is -0.235. The summed E-state index contributed by atoms with van der Waals surface area (Å²) in [6, 6.07) is 24.0. The van der Waals surface area contributed by atoms with Gasteiger partial charge in [0.2, 0.25) is 0 Å². The molecule has 0 saturated heterocycles. The predicted octanol–water partition coefficient (Wildman–Crippen LogP) is 6.26. The lowest BCUT2D eigenvalue weighted by atomic mass is 10.1. The lowest BCUT2D eigenvalue weighted by molar-refractivity contribution is 0.414. The van der Waals surface area contributed by atoms with Gasteiger partial charge in [0.1, 0.15) is 11.6 Å². The summed E-state index contributed by atoms with van der Waals surface area (Å²) in [5.74, 6) is 0.545. The number of ether oxygens (including phenoxy) is 1. The Hall–Kier alpha value is -2.85. The molecule has 0 radical (unpaired) electrons. The Labute approximate surface area is 157 Å². The third-order valence-electron chi connectivity index (χ3n) is 3.61. The number of benzene rings is 3. The topological polar surface area (TPSA) is 21.6 Å². The molecule has 0 saturated carbocycles. The zero-order valence-corrected chi connectivity index (χ0v) is 15.1. The highest BCUT2D eigenvalue weighted by Gasteiger charge is 2.03. The lowest BCUT2D eigenvalue weighted by Crippen LogP contribution is -1.97. The Balaban J connectivity index is 1.88. The highest BCUT2D eigenvalue weighted by atomic mass is 32.2. The standard InChI is InChI=1S/C22H18FNOS/c1-25-20-9-5-6-17(16-20)22(24-19-7-3-2-4-8-19)14-15-26-21-12-10-18(23)11-13-21/h2-16H,1H3. The van der Waals surface area contributed by atoms with Crippen LogP contribution in [-0.2, 0) is 0 Å². The number of hydrogen-bond acceptors (Lipinski definition) is 3. The molecule has 3 aromatic carbocycles. The van der Waals surface area contributed by atoms with Gasteiger partial charge < -0.3 is 4.74 Å². The maximum atomic E-state index is 13.0. The van der Waals surface area contributed by atoms with E-state index in [1.165, 1.54) is 23.9 Å². The fourth-order valence-electron chi connectivity index (χ4n) is 2.31. The SMILES string of the molecule is COc1cccc(C(C=CSc2ccc(F)cc2)=Nc2ccccc2)c1. The van der Waals surface area contributed by atoms with Gasteiger partial charge in [0, 0.05) is 10.5 Å². The first-order chi connectivity index (χ1) is 12.7. The summed E-state index contributed by atoms with van der Waals surface area (Å²) >= 11 is 1.51. The summed E-state index contributed by atoms with van der Waals surface area (Å²) in [5, 5.41) is 1.95. The van der Waals surface area contributed by atoms with Crippen molar-refractivity contribution in [3.63, 3.8) is 0 Å². The number of thioether (sulfide) groups is 1. The van der Waals surface area contributed by atoms with E-state index in [0.717, 1.165) is 27.6 Å². The molecule has 3 aromatic rings. The van der Waals surface area contributed by atoms with Crippen LogP contribution in [-0.4, -0.2) is 12.8 Å². The van der Waals surface area contributed by atoms with Crippen molar-refractivity contribution in [1.82, 2.24) is 0 Å². The molecule has 4 heteroatoms. The summed E-state index contributed by atoms with van der Waals surface area (Å²) in [7, 11) is 1.65. The molecule has 0 aliphatic heterocycles. The Morgan fingerprint density at radius 2 is 1.73 bits per heavy atom. The average molecular weight is 363 g/mol. The van der Waals surface area contributed by atoms with Crippen molar-refractivity contribution in [2.75, 3.05) is 7.11 Å². The number of nitrogens with zero attached hydrogens (tertiary/aromatic N) is 1. The van der Waals surface area contributed by atoms with Crippen molar-refractivity contribution < 1.29 is 9.13 Å². The summed E-state index contributed by atoms with van der Waals surface area (Å²) < 4.78 is 18.3. The van der Waals surface area contributed by atoms with Crippen LogP contribution >= 0.6 is 11.8 Å². The summed E-state index contributed by atoms with van der Waals surface area (Å²) in [4.78, 5) is 5.72. The van der Waals surface area contributed by atoms with Gasteiger partial charge in [-0.25, -0.2) is 9.38 Å². The molecule has 0 bridgehead atoms. The summed E-state index contributed by atoms with van der Waals surface area (Å²) in [6.07, 6.45) is 1.95. The van der Waals surface area contributed by atoms with E-state index in [2.05, 4.69) is 0 Å². The molecule has 130 valence electrons. The molecule has 0 heterocycles. The molecule has 0 aliphatic rings. The average Bonchev–Trinajstić information content (AvgIpc) is 2.69. The summed E-state index contributed by atoms with van der Waals surface area (Å²) in [6.45, 7) is 0. The van der Waals surface area contributed by atoms with E-state index in [4.69, 9.17) is 9.73 Å². The Bertz CT molecular complexity index is 905. The van der Waals surface area contributed by atoms with E-state index in [1.54, 1.807) is 19.2 Å². The normalized spacial score (nSPS) is 11.7. The van der Waals surface area contributed by atoms with Crippen LogP contribution in [0.15, 0.2) is 100 Å². The highest BCUT2D eigenvalue weighted by molar-refractivity contribution is 8.02. The van der Waals surface area contributed by atoms with Crippen molar-refractivity contribution in [1.29, 1.82) is 0 Å². The first kappa shape index (κ1) is 18.0. The lowest BCUT2D eigenvalue weighted by Gasteiger charge is -2.06. The van der Waals surface area contributed by atoms with Crippen LogP contribution < -0.4 is 4.74 Å². The molecular formula is C22H18FNOS. The van der Waals surface area contributed by atoms with Gasteiger partial charge in [-0.2, -0.15) is 0 Å². The van der Waals surface area contributed by atoms with Crippen LogP contribution in [0.25, 0.3) is 0 Å². The quantitative estimate of drug-likeness (QED) is 0.381. The van der Waals surface area contributed by atoms with Crippen molar-refractivity contribution >= 4 is 23.2 Å². The molecule has 0 amide bonds. The van der Waals surface area contributed by atoms with E-state index in [9.17, 15) is 4.39 Å². The zero-order valence-electron chi connectivity index (χ0n) is 14.3. The van der Waals surface area contributed by atoms with E-state index in [0.29, 0.717) is 0 Å². The first-order valence-corrected chi connectivity index (χ1v) is 8.99. The maximum absolute atomic E-state index is 13.0. The van der Waals surface area contributed by atoms with Gasteiger partial charge in [-0.15, -0.1) is 0 Å². The van der Waals surface area contributed by atoms with Crippen molar-refractivity contribution in [3.05, 3.63) is 102 Å². The van der Waals surface area contributed by atoms with Crippen LogP contribution in [0.3, 0.4) is 0 Å². The molecule has 26 heavy (non-hydrogen) atoms. The Kier molecular flexibility index (Phi) is 6.23. The van der Waals surface area contributed by atoms with Crippen LogP contribution in [0.4, 0.5) is 10.1 Å². The third kappa shape index (κ3) is 5.07. The number of halogens is 1. The van der Waals surface area contributed by atoms with Crippen molar-refractivity contribution in [2.45, 2.75) is 4.90 Å². The number of rotatable bonds is 6. The van der Waals surface area contributed by atoms with Gasteiger partial charge in [0.15, 0.2) is 0 Å². The van der Waals surface area contributed by atoms with Crippen LogP contribution in [0.1, 0.15) is 5.56 Å². The minimum Gasteiger partial charge on any atom is -0.497 e. The second kappa shape index (κ2) is 9.02. The largest absolute Gasteiger partial charge is 0.497 e. The fraction of sp³-hybridized carbons (Fsp3) is 0.0455. The maximum Gasteiger partial charge on any atom is 0.123 e. The Morgan fingerprint density at radius 1 is 0.962 bits per heavy atom. The second-order valence-corrected chi connectivity index (χ2v) is 6.42. The predicted molar refractivity (Wildman–Crippen MR) is 107 cm³/mol. The molecule has 0 aromatic heterocycles. The number of allylic oxidation sites excluding steroid dienone is 1. The monoisotopic (exact) mass is 363 g/mol. The molecule has 0 atom stereocenters. The fourth-order valence-corrected chi connectivity index (χ4v) is 2.96. The van der Waals surface area contributed by atoms with E-state index in [1.807, 2.05) is 66.1 Å². The number of methoxy groups -OCH3 is 1. The third-order valence-corrected chi connectivity index (χ3v) is 4.43. The molecule has 3 rings (SSSR count). The summed E-state index contributed by atoms with van der Waals surface area (Å²) in [5.41, 5.74) is 2.66. The van der Waals surface area contributed by atoms with Gasteiger partial charge in [0.25, 0.3) is 0 Å². The van der Waals surface area contributed by atoms with Gasteiger partial charge in [-0.3, -0.25) is 0 Å². The first-order valence-electron chi connectivity index (χ1n) is 8.11. The number of hydrogen-bond donors (Lipinski definition) is 0. The zero-order chi connectivity index (χ0) is 18.2. The molecule has 0 fully saturated rings. The molecule has 0 spiro atoms. The molecule has 0 unspecified atom stereocenters.